The van der Waals surface area contributed by atoms with Gasteiger partial charge in [0, 0.05) is 24.3 Å². The van der Waals surface area contributed by atoms with Gasteiger partial charge in [0.1, 0.15) is 0 Å². The molecule has 1 N–H and O–H groups in total. The highest BCUT2D eigenvalue weighted by Crippen LogP contribution is 2.29. The van der Waals surface area contributed by atoms with Crippen molar-refractivity contribution in [3.05, 3.63) is 59.2 Å². The quantitative estimate of drug-likeness (QED) is 0.922. The molecule has 2 aromatic rings. The summed E-state index contributed by atoms with van der Waals surface area (Å²) in [6, 6.07) is 13.9. The summed E-state index contributed by atoms with van der Waals surface area (Å²) in [5.74, 6) is -0.405. The number of nitrogens with zero attached hydrogens (tertiary/aromatic N) is 1. The van der Waals surface area contributed by atoms with Gasteiger partial charge in [0.05, 0.1) is 5.92 Å². The molecule has 1 fully saturated rings. The Labute approximate surface area is 148 Å². The van der Waals surface area contributed by atoms with Crippen LogP contribution >= 0.6 is 0 Å². The van der Waals surface area contributed by atoms with Crippen LogP contribution < -0.4 is 10.2 Å². The molecule has 4 heteroatoms. The summed E-state index contributed by atoms with van der Waals surface area (Å²) in [7, 11) is 0. The molecule has 1 atom stereocenters. The second kappa shape index (κ2) is 7.09. The molecular weight excluding hydrogens is 312 g/mol. The summed E-state index contributed by atoms with van der Waals surface area (Å²) in [4.78, 5) is 26.7. The van der Waals surface area contributed by atoms with Crippen LogP contribution in [0.5, 0.6) is 0 Å². The lowest BCUT2D eigenvalue weighted by atomic mass is 10.1. The van der Waals surface area contributed by atoms with Crippen LogP contribution in [-0.2, 0) is 16.0 Å². The number of hydrogen-bond donors (Lipinski definition) is 1. The van der Waals surface area contributed by atoms with Crippen molar-refractivity contribution in [3.8, 4) is 0 Å². The zero-order chi connectivity index (χ0) is 18.0. The van der Waals surface area contributed by atoms with E-state index < -0.39 is 0 Å². The number of carbonyl (C=O) groups excluding carboxylic acids is 2. The Morgan fingerprint density at radius 1 is 1.16 bits per heavy atom. The van der Waals surface area contributed by atoms with Crippen molar-refractivity contribution in [2.45, 2.75) is 33.6 Å². The summed E-state index contributed by atoms with van der Waals surface area (Å²) in [5, 5.41) is 2.93. The van der Waals surface area contributed by atoms with E-state index in [1.807, 2.05) is 50.2 Å². The average molecular weight is 336 g/mol. The van der Waals surface area contributed by atoms with Gasteiger partial charge in [-0.1, -0.05) is 36.8 Å². The third-order valence-electron chi connectivity index (χ3n) is 4.77. The van der Waals surface area contributed by atoms with Crippen molar-refractivity contribution in [3.63, 3.8) is 0 Å². The third-order valence-corrected chi connectivity index (χ3v) is 4.77. The second-order valence-corrected chi connectivity index (χ2v) is 6.74. The van der Waals surface area contributed by atoms with E-state index in [0.29, 0.717) is 6.54 Å². The van der Waals surface area contributed by atoms with E-state index >= 15 is 0 Å². The molecule has 0 bridgehead atoms. The number of anilines is 2. The lowest BCUT2D eigenvalue weighted by Crippen LogP contribution is -2.28. The highest BCUT2D eigenvalue weighted by Gasteiger charge is 2.35. The molecule has 1 saturated heterocycles. The lowest BCUT2D eigenvalue weighted by Gasteiger charge is -2.19. The smallest absolute Gasteiger partial charge is 0.229 e. The summed E-state index contributed by atoms with van der Waals surface area (Å²) < 4.78 is 0. The molecule has 4 nitrogen and oxygen atoms in total. The fourth-order valence-electron chi connectivity index (χ4n) is 3.29. The van der Waals surface area contributed by atoms with Crippen molar-refractivity contribution in [2.24, 2.45) is 5.92 Å². The van der Waals surface area contributed by atoms with Gasteiger partial charge < -0.3 is 10.2 Å². The zero-order valence-electron chi connectivity index (χ0n) is 15.0. The minimum absolute atomic E-state index is 0.00781. The summed E-state index contributed by atoms with van der Waals surface area (Å²) in [5.41, 5.74) is 5.13. The first kappa shape index (κ1) is 17.2. The van der Waals surface area contributed by atoms with Gasteiger partial charge in [0.15, 0.2) is 0 Å². The minimum Gasteiger partial charge on any atom is -0.326 e. The maximum absolute atomic E-state index is 12.5. The van der Waals surface area contributed by atoms with Crippen molar-refractivity contribution in [2.75, 3.05) is 16.8 Å². The Morgan fingerprint density at radius 3 is 2.52 bits per heavy atom. The van der Waals surface area contributed by atoms with Crippen LogP contribution in [0.25, 0.3) is 0 Å². The van der Waals surface area contributed by atoms with Crippen LogP contribution in [0.3, 0.4) is 0 Å². The topological polar surface area (TPSA) is 49.4 Å². The van der Waals surface area contributed by atoms with Crippen LogP contribution in [0.2, 0.25) is 0 Å². The van der Waals surface area contributed by atoms with Crippen LogP contribution in [0, 0.1) is 19.8 Å². The fourth-order valence-corrected chi connectivity index (χ4v) is 3.29. The van der Waals surface area contributed by atoms with Gasteiger partial charge in [-0.15, -0.1) is 0 Å². The SMILES string of the molecule is CCc1ccc(NC(=O)[C@@H]2CC(=O)N(c3ccc(C)cc3C)C2)cc1. The van der Waals surface area contributed by atoms with Gasteiger partial charge in [0.25, 0.3) is 0 Å². The number of aryl methyl sites for hydroxylation is 3. The molecule has 1 aliphatic heterocycles. The van der Waals surface area contributed by atoms with E-state index in [1.54, 1.807) is 4.90 Å². The standard InChI is InChI=1S/C21H24N2O2/c1-4-16-6-8-18(9-7-16)22-21(25)17-12-20(24)23(13-17)19-10-5-14(2)11-15(19)3/h5-11,17H,4,12-13H2,1-3H3,(H,22,25)/t17-/m1/s1. The molecule has 130 valence electrons. The fraction of sp³-hybridized carbons (Fsp3) is 0.333. The first-order valence-corrected chi connectivity index (χ1v) is 8.75. The Morgan fingerprint density at radius 2 is 1.88 bits per heavy atom. The van der Waals surface area contributed by atoms with Gasteiger partial charge >= 0.3 is 0 Å². The van der Waals surface area contributed by atoms with Crippen molar-refractivity contribution in [1.29, 1.82) is 0 Å². The van der Waals surface area contributed by atoms with E-state index in [2.05, 4.69) is 18.3 Å². The molecule has 1 aliphatic rings. The molecule has 3 rings (SSSR count). The van der Waals surface area contributed by atoms with Crippen LogP contribution in [0.1, 0.15) is 30.0 Å². The number of benzene rings is 2. The van der Waals surface area contributed by atoms with Crippen LogP contribution in [0.15, 0.2) is 42.5 Å². The largest absolute Gasteiger partial charge is 0.326 e. The molecule has 25 heavy (non-hydrogen) atoms. The van der Waals surface area contributed by atoms with E-state index in [-0.39, 0.29) is 24.2 Å². The molecule has 2 aromatic carbocycles. The predicted molar refractivity (Wildman–Crippen MR) is 101 cm³/mol. The Balaban J connectivity index is 1.69. The summed E-state index contributed by atoms with van der Waals surface area (Å²) in [6.45, 7) is 6.56. The van der Waals surface area contributed by atoms with Gasteiger partial charge in [-0.05, 0) is 49.6 Å². The molecule has 0 radical (unpaired) electrons. The van der Waals surface area contributed by atoms with E-state index in [4.69, 9.17) is 0 Å². The summed E-state index contributed by atoms with van der Waals surface area (Å²) in [6.07, 6.45) is 1.22. The summed E-state index contributed by atoms with van der Waals surface area (Å²) >= 11 is 0. The number of rotatable bonds is 4. The first-order chi connectivity index (χ1) is 12.0. The molecule has 1 heterocycles. The Bertz CT molecular complexity index is 796. The van der Waals surface area contributed by atoms with Gasteiger partial charge in [-0.25, -0.2) is 0 Å². The average Bonchev–Trinajstić information content (AvgIpc) is 2.97. The number of hydrogen-bond acceptors (Lipinski definition) is 2. The molecule has 0 spiro atoms. The highest BCUT2D eigenvalue weighted by atomic mass is 16.2. The van der Waals surface area contributed by atoms with Crippen molar-refractivity contribution < 1.29 is 9.59 Å². The van der Waals surface area contributed by atoms with Crippen molar-refractivity contribution in [1.82, 2.24) is 0 Å². The number of carbonyl (C=O) groups is 2. The monoisotopic (exact) mass is 336 g/mol. The predicted octanol–water partition coefficient (Wildman–Crippen LogP) is 3.86. The lowest BCUT2D eigenvalue weighted by molar-refractivity contribution is -0.122. The van der Waals surface area contributed by atoms with E-state index in [9.17, 15) is 9.59 Å². The molecule has 0 unspecified atom stereocenters. The van der Waals surface area contributed by atoms with E-state index in [0.717, 1.165) is 28.9 Å². The first-order valence-electron chi connectivity index (χ1n) is 8.75. The highest BCUT2D eigenvalue weighted by molar-refractivity contribution is 6.03. The second-order valence-electron chi connectivity index (χ2n) is 6.74. The van der Waals surface area contributed by atoms with Crippen LogP contribution in [0.4, 0.5) is 11.4 Å². The molecule has 0 aromatic heterocycles. The zero-order valence-corrected chi connectivity index (χ0v) is 15.0. The Hall–Kier alpha value is -2.62. The van der Waals surface area contributed by atoms with Crippen LogP contribution in [-0.4, -0.2) is 18.4 Å². The number of nitrogens with one attached hydrogen (secondary N) is 1. The maximum Gasteiger partial charge on any atom is 0.229 e. The molecule has 2 amide bonds. The Kier molecular flexibility index (Phi) is 4.88. The minimum atomic E-state index is -0.320. The normalized spacial score (nSPS) is 17.0. The van der Waals surface area contributed by atoms with Gasteiger partial charge in [-0.3, -0.25) is 9.59 Å². The molecule has 0 saturated carbocycles. The molecular formula is C21H24N2O2. The van der Waals surface area contributed by atoms with E-state index in [1.165, 1.54) is 5.56 Å². The molecule has 0 aliphatic carbocycles. The van der Waals surface area contributed by atoms with Gasteiger partial charge in [-0.2, -0.15) is 0 Å². The van der Waals surface area contributed by atoms with Gasteiger partial charge in [0.2, 0.25) is 11.8 Å². The maximum atomic E-state index is 12.5. The third kappa shape index (κ3) is 3.73. The van der Waals surface area contributed by atoms with Crippen molar-refractivity contribution >= 4 is 23.2 Å². The number of amides is 2.